The third kappa shape index (κ3) is 1.48. The van der Waals surface area contributed by atoms with Crippen LogP contribution in [-0.4, -0.2) is 10.4 Å². The van der Waals surface area contributed by atoms with E-state index in [0.717, 1.165) is 40.6 Å². The van der Waals surface area contributed by atoms with Crippen LogP contribution in [0, 0.1) is 0 Å². The Labute approximate surface area is 127 Å². The lowest BCUT2D eigenvalue weighted by Crippen LogP contribution is -2.01. The van der Waals surface area contributed by atoms with Crippen LogP contribution in [0.2, 0.25) is 0 Å². The molecule has 108 valence electrons. The maximum atomic E-state index is 12.6. The normalized spacial score (nSPS) is 18.9. The van der Waals surface area contributed by atoms with Crippen LogP contribution in [0.3, 0.4) is 0 Å². The Balaban J connectivity index is 2.12. The highest BCUT2D eigenvalue weighted by molar-refractivity contribution is 6.10. The molecule has 0 amide bonds. The Morgan fingerprint density at radius 1 is 1.00 bits per heavy atom. The van der Waals surface area contributed by atoms with Crippen LogP contribution in [-0.2, 0) is 6.54 Å². The van der Waals surface area contributed by atoms with Gasteiger partial charge in [0.05, 0.1) is 5.52 Å². The number of rotatable bonds is 0. The average Bonchev–Trinajstić information content (AvgIpc) is 3.04. The highest BCUT2D eigenvalue weighted by Gasteiger charge is 2.36. The van der Waals surface area contributed by atoms with Gasteiger partial charge >= 0.3 is 0 Å². The molecule has 3 aromatic rings. The molecular weight excluding hydrogens is 274 g/mol. The van der Waals surface area contributed by atoms with Crippen LogP contribution in [0.15, 0.2) is 52.9 Å². The van der Waals surface area contributed by atoms with Gasteiger partial charge in [-0.1, -0.05) is 30.3 Å². The van der Waals surface area contributed by atoms with Gasteiger partial charge < -0.3 is 8.98 Å². The van der Waals surface area contributed by atoms with Gasteiger partial charge in [-0.25, -0.2) is 0 Å². The summed E-state index contributed by atoms with van der Waals surface area (Å²) < 4.78 is 8.45. The van der Waals surface area contributed by atoms with Crippen LogP contribution in [0.5, 0.6) is 0 Å². The molecule has 1 aliphatic heterocycles. The molecule has 1 atom stereocenters. The van der Waals surface area contributed by atoms with Crippen molar-refractivity contribution >= 4 is 27.9 Å². The zero-order valence-electron chi connectivity index (χ0n) is 12.1. The van der Waals surface area contributed by atoms with Gasteiger partial charge in [0.1, 0.15) is 5.58 Å². The third-order valence-corrected chi connectivity index (χ3v) is 4.88. The van der Waals surface area contributed by atoms with E-state index in [0.29, 0.717) is 12.3 Å². The maximum Gasteiger partial charge on any atom is 0.166 e. The Kier molecular flexibility index (Phi) is 2.31. The topological polar surface area (TPSA) is 35.1 Å². The number of hydrogen-bond acceptors (Lipinski definition) is 2. The lowest BCUT2D eigenvalue weighted by molar-refractivity contribution is 0.0989. The summed E-state index contributed by atoms with van der Waals surface area (Å²) in [6.07, 6.45) is 1.68. The first-order valence-electron chi connectivity index (χ1n) is 7.74. The Morgan fingerprint density at radius 2 is 1.77 bits per heavy atom. The van der Waals surface area contributed by atoms with Crippen LogP contribution < -0.4 is 0 Å². The molecular formula is C19H15NO2. The van der Waals surface area contributed by atoms with Crippen molar-refractivity contribution in [3.63, 3.8) is 0 Å². The fraction of sp³-hybridized carbons (Fsp3) is 0.211. The predicted octanol–water partition coefficient (Wildman–Crippen LogP) is 4.59. The standard InChI is InChI=1S/C19H15NO2/c21-15-11-12-9-10-20-14-6-2-4-8-17(14)22-16-7-3-1-5-13(16)18(15)19(12)20/h1-8,12H,9-11H2/t12-/m0/s1. The van der Waals surface area contributed by atoms with Crippen molar-refractivity contribution in [3.05, 3.63) is 59.8 Å². The molecule has 3 nitrogen and oxygen atoms in total. The zero-order valence-corrected chi connectivity index (χ0v) is 12.1. The van der Waals surface area contributed by atoms with E-state index in [1.54, 1.807) is 0 Å². The Hall–Kier alpha value is -2.55. The van der Waals surface area contributed by atoms with E-state index in [4.69, 9.17) is 4.42 Å². The monoisotopic (exact) mass is 289 g/mol. The summed E-state index contributed by atoms with van der Waals surface area (Å²) in [6.45, 7) is 0.958. The number of carbonyl (C=O) groups excluding carboxylic acids is 1. The summed E-state index contributed by atoms with van der Waals surface area (Å²) in [4.78, 5) is 12.6. The van der Waals surface area contributed by atoms with Gasteiger partial charge in [0.25, 0.3) is 0 Å². The largest absolute Gasteiger partial charge is 0.455 e. The maximum absolute atomic E-state index is 12.6. The van der Waals surface area contributed by atoms with Gasteiger partial charge in [-0.15, -0.1) is 0 Å². The van der Waals surface area contributed by atoms with Gasteiger partial charge in [0, 0.05) is 35.5 Å². The first-order chi connectivity index (χ1) is 10.8. The molecule has 0 bridgehead atoms. The zero-order chi connectivity index (χ0) is 14.7. The molecule has 0 saturated heterocycles. The average molecular weight is 289 g/mol. The second-order valence-corrected chi connectivity index (χ2v) is 6.09. The molecule has 3 heteroatoms. The van der Waals surface area contributed by atoms with E-state index >= 15 is 0 Å². The van der Waals surface area contributed by atoms with E-state index < -0.39 is 0 Å². The molecule has 0 saturated carbocycles. The van der Waals surface area contributed by atoms with Gasteiger partial charge in [-0.2, -0.15) is 0 Å². The van der Waals surface area contributed by atoms with Crippen molar-refractivity contribution in [1.29, 1.82) is 0 Å². The number of para-hydroxylation sites is 3. The van der Waals surface area contributed by atoms with Gasteiger partial charge in [0.15, 0.2) is 11.4 Å². The van der Waals surface area contributed by atoms with Crippen LogP contribution in [0.4, 0.5) is 0 Å². The fourth-order valence-electron chi connectivity index (χ4n) is 3.95. The van der Waals surface area contributed by atoms with Crippen molar-refractivity contribution in [1.82, 2.24) is 4.57 Å². The number of aromatic nitrogens is 1. The molecule has 0 N–H and O–H groups in total. The quantitative estimate of drug-likeness (QED) is 0.607. The second kappa shape index (κ2) is 4.23. The fourth-order valence-corrected chi connectivity index (χ4v) is 3.95. The second-order valence-electron chi connectivity index (χ2n) is 6.09. The molecule has 1 aliphatic carbocycles. The third-order valence-electron chi connectivity index (χ3n) is 4.88. The highest BCUT2D eigenvalue weighted by Crippen LogP contribution is 2.43. The molecule has 0 unspecified atom stereocenters. The summed E-state index contributed by atoms with van der Waals surface area (Å²) in [7, 11) is 0. The molecule has 0 fully saturated rings. The summed E-state index contributed by atoms with van der Waals surface area (Å²) in [5, 5.41) is 0.936. The van der Waals surface area contributed by atoms with Crippen LogP contribution in [0.1, 0.15) is 34.8 Å². The number of hydrogen-bond donors (Lipinski definition) is 0. The van der Waals surface area contributed by atoms with E-state index in [-0.39, 0.29) is 5.78 Å². The number of aryl methyl sites for hydroxylation is 1. The van der Waals surface area contributed by atoms with Crippen molar-refractivity contribution < 1.29 is 9.21 Å². The van der Waals surface area contributed by atoms with Crippen LogP contribution in [0.25, 0.3) is 22.1 Å². The number of ketones is 1. The van der Waals surface area contributed by atoms with Gasteiger partial charge in [-0.05, 0) is 24.6 Å². The summed E-state index contributed by atoms with van der Waals surface area (Å²) >= 11 is 0. The minimum Gasteiger partial charge on any atom is -0.455 e. The molecule has 2 heterocycles. The summed E-state index contributed by atoms with van der Waals surface area (Å²) in [5.41, 5.74) is 4.78. The lowest BCUT2D eigenvalue weighted by atomic mass is 10.1. The SMILES string of the molecule is O=C1C[C@@H]2CCn3c2c1c1ccccc1oc1ccccc13. The first kappa shape index (κ1) is 12.0. The lowest BCUT2D eigenvalue weighted by Gasteiger charge is -2.10. The molecule has 5 rings (SSSR count). The number of fused-ring (bicyclic) bond motifs is 4. The summed E-state index contributed by atoms with van der Waals surface area (Å²) in [5.74, 6) is 0.613. The van der Waals surface area contributed by atoms with E-state index in [2.05, 4.69) is 10.6 Å². The molecule has 22 heavy (non-hydrogen) atoms. The van der Waals surface area contributed by atoms with E-state index in [1.165, 1.54) is 5.69 Å². The van der Waals surface area contributed by atoms with Crippen molar-refractivity contribution in [2.45, 2.75) is 25.3 Å². The summed E-state index contributed by atoms with van der Waals surface area (Å²) in [6, 6.07) is 16.0. The number of benzene rings is 2. The number of carbonyl (C=O) groups is 1. The van der Waals surface area contributed by atoms with Gasteiger partial charge in [-0.3, -0.25) is 4.79 Å². The number of Topliss-reactive ketones (excluding diaryl/α,β-unsaturated/α-hetero) is 1. The molecule has 0 spiro atoms. The minimum atomic E-state index is 0.250. The molecule has 1 aromatic heterocycles. The van der Waals surface area contributed by atoms with Crippen molar-refractivity contribution in [2.75, 3.05) is 0 Å². The van der Waals surface area contributed by atoms with E-state index in [1.807, 2.05) is 42.5 Å². The molecule has 0 radical (unpaired) electrons. The van der Waals surface area contributed by atoms with Gasteiger partial charge in [0.2, 0.25) is 0 Å². The Bertz CT molecular complexity index is 991. The first-order valence-corrected chi connectivity index (χ1v) is 7.74. The minimum absolute atomic E-state index is 0.250. The van der Waals surface area contributed by atoms with E-state index in [9.17, 15) is 4.79 Å². The van der Waals surface area contributed by atoms with Crippen molar-refractivity contribution in [2.24, 2.45) is 0 Å². The van der Waals surface area contributed by atoms with Crippen LogP contribution >= 0.6 is 0 Å². The molecule has 2 aliphatic rings. The van der Waals surface area contributed by atoms with Crippen molar-refractivity contribution in [3.8, 4) is 0 Å². The smallest absolute Gasteiger partial charge is 0.166 e. The Morgan fingerprint density at radius 3 is 2.68 bits per heavy atom. The molecule has 2 aromatic carbocycles. The highest BCUT2D eigenvalue weighted by atomic mass is 16.3. The number of nitrogens with zero attached hydrogens (tertiary/aromatic N) is 1. The predicted molar refractivity (Wildman–Crippen MR) is 85.6 cm³/mol.